The molecule has 6 rings (SSSR count). The Morgan fingerprint density at radius 2 is 1.79 bits per heavy atom. The van der Waals surface area contributed by atoms with E-state index in [9.17, 15) is 4.79 Å². The van der Waals surface area contributed by atoms with Crippen molar-refractivity contribution < 1.29 is 23.4 Å². The third-order valence-electron chi connectivity index (χ3n) is 7.19. The maximum atomic E-state index is 12.6. The van der Waals surface area contributed by atoms with Crippen LogP contribution in [0.2, 0.25) is 0 Å². The Hall–Kier alpha value is -3.28. The van der Waals surface area contributed by atoms with E-state index in [1.807, 2.05) is 23.1 Å². The molecule has 2 saturated heterocycles. The first-order valence-corrected chi connectivity index (χ1v) is 14.4. The highest BCUT2D eigenvalue weighted by Crippen LogP contribution is 2.33. The topological polar surface area (TPSA) is 93.4 Å². The van der Waals surface area contributed by atoms with Crippen molar-refractivity contribution >= 4 is 23.5 Å². The van der Waals surface area contributed by atoms with Gasteiger partial charge in [0.05, 0.1) is 18.1 Å². The van der Waals surface area contributed by atoms with Gasteiger partial charge in [0.15, 0.2) is 22.4 Å². The van der Waals surface area contributed by atoms with Gasteiger partial charge in [-0.05, 0) is 42.7 Å². The number of benzene rings is 1. The number of hydrogen-bond donors (Lipinski definition) is 0. The fourth-order valence-corrected chi connectivity index (χ4v) is 5.89. The van der Waals surface area contributed by atoms with Gasteiger partial charge in [-0.2, -0.15) is 0 Å². The fraction of sp³-hybridized carbons (Fsp3) is 0.464. The van der Waals surface area contributed by atoms with Crippen LogP contribution >= 0.6 is 11.8 Å². The van der Waals surface area contributed by atoms with E-state index in [1.165, 1.54) is 17.3 Å². The van der Waals surface area contributed by atoms with E-state index >= 15 is 0 Å². The summed E-state index contributed by atoms with van der Waals surface area (Å²) in [6.45, 7) is 6.80. The number of thioether (sulfide) groups is 1. The van der Waals surface area contributed by atoms with E-state index in [2.05, 4.69) is 26.9 Å². The average molecular weight is 552 g/mol. The molecule has 0 N–H and O–H groups in total. The van der Waals surface area contributed by atoms with Crippen LogP contribution in [0.4, 0.5) is 5.82 Å². The van der Waals surface area contributed by atoms with E-state index in [1.54, 1.807) is 13.2 Å². The van der Waals surface area contributed by atoms with Crippen LogP contribution < -0.4 is 14.4 Å². The van der Waals surface area contributed by atoms with E-state index in [0.717, 1.165) is 87.4 Å². The molecule has 0 aliphatic carbocycles. The second-order valence-corrected chi connectivity index (χ2v) is 10.9. The molecule has 2 aromatic heterocycles. The van der Waals surface area contributed by atoms with Gasteiger partial charge in [0.2, 0.25) is 6.79 Å². The molecule has 10 nitrogen and oxygen atoms in total. The predicted octanol–water partition coefficient (Wildman–Crippen LogP) is 3.80. The molecule has 0 saturated carbocycles. The Morgan fingerprint density at radius 3 is 2.62 bits per heavy atom. The molecule has 1 aromatic carbocycles. The number of furan rings is 1. The molecule has 0 bridgehead atoms. The number of hydrogen-bond acceptors (Lipinski definition) is 10. The van der Waals surface area contributed by atoms with E-state index in [-0.39, 0.29) is 5.91 Å². The summed E-state index contributed by atoms with van der Waals surface area (Å²) in [4.78, 5) is 28.8. The van der Waals surface area contributed by atoms with Crippen LogP contribution in [-0.4, -0.2) is 78.8 Å². The van der Waals surface area contributed by atoms with Gasteiger partial charge in [-0.25, -0.2) is 9.97 Å². The molecule has 3 aromatic rings. The van der Waals surface area contributed by atoms with E-state index in [0.29, 0.717) is 30.1 Å². The number of amides is 1. The molecule has 0 radical (unpaired) electrons. The Balaban J connectivity index is 1.07. The highest BCUT2D eigenvalue weighted by atomic mass is 32.2. The van der Waals surface area contributed by atoms with Gasteiger partial charge >= 0.3 is 0 Å². The molecule has 5 heterocycles. The van der Waals surface area contributed by atoms with Crippen LogP contribution in [0, 0.1) is 0 Å². The zero-order valence-electron chi connectivity index (χ0n) is 22.1. The predicted molar refractivity (Wildman–Crippen MR) is 146 cm³/mol. The lowest BCUT2D eigenvalue weighted by molar-refractivity contribution is 0.0759. The maximum Gasteiger partial charge on any atom is 0.289 e. The van der Waals surface area contributed by atoms with Crippen LogP contribution in [0.15, 0.2) is 46.0 Å². The average Bonchev–Trinajstić information content (AvgIpc) is 3.74. The smallest absolute Gasteiger partial charge is 0.289 e. The lowest BCUT2D eigenvalue weighted by atomic mass is 10.1. The van der Waals surface area contributed by atoms with Gasteiger partial charge in [-0.3, -0.25) is 9.69 Å². The Labute approximate surface area is 232 Å². The van der Waals surface area contributed by atoms with Crippen LogP contribution in [0.5, 0.6) is 11.5 Å². The summed E-state index contributed by atoms with van der Waals surface area (Å²) in [5.41, 5.74) is 2.07. The normalized spacial score (nSPS) is 17.3. The summed E-state index contributed by atoms with van der Waals surface area (Å²) >= 11 is 1.51. The van der Waals surface area contributed by atoms with Gasteiger partial charge < -0.3 is 28.4 Å². The van der Waals surface area contributed by atoms with Crippen molar-refractivity contribution in [1.82, 2.24) is 19.8 Å². The van der Waals surface area contributed by atoms with Crippen molar-refractivity contribution in [3.63, 3.8) is 0 Å². The van der Waals surface area contributed by atoms with E-state index in [4.69, 9.17) is 23.6 Å². The minimum absolute atomic E-state index is 0.0259. The minimum atomic E-state index is -0.0259. The van der Waals surface area contributed by atoms with Gasteiger partial charge in [0, 0.05) is 59.0 Å². The Kier molecular flexibility index (Phi) is 7.89. The molecule has 2 fully saturated rings. The van der Waals surface area contributed by atoms with Crippen molar-refractivity contribution in [2.75, 3.05) is 58.1 Å². The van der Waals surface area contributed by atoms with E-state index < -0.39 is 0 Å². The van der Waals surface area contributed by atoms with Crippen molar-refractivity contribution in [3.8, 4) is 11.5 Å². The van der Waals surface area contributed by atoms with Crippen LogP contribution in [-0.2, 0) is 23.6 Å². The van der Waals surface area contributed by atoms with Gasteiger partial charge in [0.1, 0.15) is 11.6 Å². The molecular weight excluding hydrogens is 518 g/mol. The molecule has 3 aliphatic rings. The first kappa shape index (κ1) is 26.0. The summed E-state index contributed by atoms with van der Waals surface area (Å²) in [5.74, 6) is 4.21. The molecule has 11 heteroatoms. The maximum absolute atomic E-state index is 12.6. The number of methoxy groups -OCH3 is 1. The monoisotopic (exact) mass is 551 g/mol. The number of likely N-dealkylation sites (tertiary alicyclic amines) is 1. The SMILES string of the molecule is COCc1cc(N2CCN(Cc3ccc4c(c3)OCO4)CC2)nc(SCc2ccc(C(=O)N3CCCC3)o2)n1. The minimum Gasteiger partial charge on any atom is -0.455 e. The molecule has 1 amide bonds. The second kappa shape index (κ2) is 11.8. The highest BCUT2D eigenvalue weighted by Gasteiger charge is 2.23. The Bertz CT molecular complexity index is 1300. The molecule has 206 valence electrons. The first-order chi connectivity index (χ1) is 19.1. The summed E-state index contributed by atoms with van der Waals surface area (Å²) < 4.78 is 22.2. The summed E-state index contributed by atoms with van der Waals surface area (Å²) in [7, 11) is 1.67. The number of carbonyl (C=O) groups excluding carboxylic acids is 1. The second-order valence-electron chi connectivity index (χ2n) is 9.94. The van der Waals surface area contributed by atoms with Crippen molar-refractivity contribution in [3.05, 3.63) is 59.2 Å². The zero-order chi connectivity index (χ0) is 26.6. The number of anilines is 1. The van der Waals surface area contributed by atoms with Gasteiger partial charge in [-0.1, -0.05) is 17.8 Å². The number of nitrogens with zero attached hydrogens (tertiary/aromatic N) is 5. The number of carbonyl (C=O) groups is 1. The van der Waals surface area contributed by atoms with Gasteiger partial charge in [-0.15, -0.1) is 0 Å². The standard InChI is InChI=1S/C28H33N5O5S/c1-35-17-21-15-26(32-12-10-31(11-13-32)16-20-4-6-23-25(14-20)37-19-36-23)30-28(29-21)39-18-22-5-7-24(38-22)27(34)33-8-2-3-9-33/h4-7,14-15H,2-3,8-13,16-19H2,1H3. The van der Waals surface area contributed by atoms with Crippen molar-refractivity contribution in [1.29, 1.82) is 0 Å². The van der Waals surface area contributed by atoms with Crippen LogP contribution in [0.3, 0.4) is 0 Å². The summed E-state index contributed by atoms with van der Waals surface area (Å²) in [6.07, 6.45) is 2.11. The number of rotatable bonds is 9. The lowest BCUT2D eigenvalue weighted by Gasteiger charge is -2.35. The number of fused-ring (bicyclic) bond motifs is 1. The number of piperazine rings is 1. The lowest BCUT2D eigenvalue weighted by Crippen LogP contribution is -2.46. The molecule has 0 atom stereocenters. The summed E-state index contributed by atoms with van der Waals surface area (Å²) in [5, 5.41) is 0.672. The molecular formula is C28H33N5O5S. The van der Waals surface area contributed by atoms with Crippen molar-refractivity contribution in [2.24, 2.45) is 0 Å². The Morgan fingerprint density at radius 1 is 0.974 bits per heavy atom. The quantitative estimate of drug-likeness (QED) is 0.289. The molecule has 0 unspecified atom stereocenters. The van der Waals surface area contributed by atoms with Gasteiger partial charge in [0.25, 0.3) is 5.91 Å². The molecule has 3 aliphatic heterocycles. The molecule has 0 spiro atoms. The number of aromatic nitrogens is 2. The summed E-state index contributed by atoms with van der Waals surface area (Å²) in [6, 6.07) is 11.8. The van der Waals surface area contributed by atoms with Crippen molar-refractivity contribution in [2.45, 2.75) is 36.9 Å². The first-order valence-electron chi connectivity index (χ1n) is 13.4. The van der Waals surface area contributed by atoms with Crippen LogP contribution in [0.25, 0.3) is 0 Å². The zero-order valence-corrected chi connectivity index (χ0v) is 23.0. The third-order valence-corrected chi connectivity index (χ3v) is 8.06. The van der Waals surface area contributed by atoms with Crippen LogP contribution in [0.1, 0.15) is 40.4 Å². The number of ether oxygens (including phenoxy) is 3. The highest BCUT2D eigenvalue weighted by molar-refractivity contribution is 7.98. The largest absolute Gasteiger partial charge is 0.455 e. The fourth-order valence-electron chi connectivity index (χ4n) is 5.12. The molecule has 39 heavy (non-hydrogen) atoms. The third kappa shape index (κ3) is 6.15.